The number of carbonyl (C=O) groups excluding carboxylic acids is 1. The summed E-state index contributed by atoms with van der Waals surface area (Å²) in [6, 6.07) is 4.03. The van der Waals surface area contributed by atoms with Gasteiger partial charge in [0.25, 0.3) is 0 Å². The molecule has 8 nitrogen and oxygen atoms in total. The van der Waals surface area contributed by atoms with Crippen LogP contribution < -0.4 is 20.1 Å². The zero-order chi connectivity index (χ0) is 25.1. The van der Waals surface area contributed by atoms with Gasteiger partial charge in [-0.3, -0.25) is 4.79 Å². The highest BCUT2D eigenvalue weighted by atomic mass is 35.5. The smallest absolute Gasteiger partial charge is 0.243 e. The van der Waals surface area contributed by atoms with Gasteiger partial charge in [-0.15, -0.1) is 0 Å². The highest BCUT2D eigenvalue weighted by molar-refractivity contribution is 6.41. The lowest BCUT2D eigenvalue weighted by Crippen LogP contribution is -2.52. The topological polar surface area (TPSA) is 94.6 Å². The summed E-state index contributed by atoms with van der Waals surface area (Å²) in [5.74, 6) is 0.0112. The van der Waals surface area contributed by atoms with E-state index in [-0.39, 0.29) is 39.5 Å². The minimum atomic E-state index is -0.590. The molecule has 1 amide bonds. The molecule has 0 bridgehead atoms. The van der Waals surface area contributed by atoms with E-state index < -0.39 is 5.82 Å². The Kier molecular flexibility index (Phi) is 7.59. The molecule has 2 heterocycles. The number of aromatic nitrogens is 2. The third-order valence-corrected chi connectivity index (χ3v) is 6.43. The standard InChI is InChI=1S/C24H23Cl2FN4O4/c1-4-19(32)29-15-5-6-35-11-16(15)30-24-28-10-13-7-12(8-14(27)23(13)31-24)20-21(25)17(33-2)9-18(34-3)22(20)26/h4,7-10,15-16H,1,5-6,11H2,2-3H3,(H,29,32)(H,28,30,31)/t15-,16+/m0/s1. The van der Waals surface area contributed by atoms with Crippen molar-refractivity contribution >= 4 is 46.0 Å². The van der Waals surface area contributed by atoms with Crippen molar-refractivity contribution in [3.05, 3.63) is 52.9 Å². The number of rotatable bonds is 7. The Morgan fingerprint density at radius 3 is 2.57 bits per heavy atom. The van der Waals surface area contributed by atoms with E-state index in [1.54, 1.807) is 12.1 Å². The van der Waals surface area contributed by atoms with Crippen LogP contribution in [0.5, 0.6) is 11.5 Å². The Morgan fingerprint density at radius 1 is 1.20 bits per heavy atom. The molecule has 11 heteroatoms. The van der Waals surface area contributed by atoms with Gasteiger partial charge in [0.1, 0.15) is 22.8 Å². The fraction of sp³-hybridized carbons (Fsp3) is 0.292. The van der Waals surface area contributed by atoms with Gasteiger partial charge in [0.05, 0.1) is 43.0 Å². The molecule has 3 aromatic rings. The number of carbonyl (C=O) groups is 1. The van der Waals surface area contributed by atoms with Crippen LogP contribution in [-0.2, 0) is 9.53 Å². The number of hydrogen-bond donors (Lipinski definition) is 2. The summed E-state index contributed by atoms with van der Waals surface area (Å²) in [5, 5.41) is 6.89. The van der Waals surface area contributed by atoms with E-state index in [1.165, 1.54) is 32.6 Å². The molecule has 0 radical (unpaired) electrons. The zero-order valence-corrected chi connectivity index (χ0v) is 20.5. The van der Waals surface area contributed by atoms with Gasteiger partial charge < -0.3 is 24.8 Å². The largest absolute Gasteiger partial charge is 0.495 e. The maximum absolute atomic E-state index is 15.3. The molecular weight excluding hydrogens is 498 g/mol. The molecule has 4 rings (SSSR count). The Bertz CT molecular complexity index is 1260. The SMILES string of the molecule is C=CC(=O)N[C@H]1CCOC[C@H]1Nc1ncc2cc(-c3c(Cl)c(OC)cc(OC)c3Cl)cc(F)c2n1. The van der Waals surface area contributed by atoms with E-state index in [1.807, 2.05) is 0 Å². The third-order valence-electron chi connectivity index (χ3n) is 5.68. The first-order valence-corrected chi connectivity index (χ1v) is 11.5. The molecule has 0 spiro atoms. The molecule has 1 saturated heterocycles. The summed E-state index contributed by atoms with van der Waals surface area (Å²) in [4.78, 5) is 20.4. The number of methoxy groups -OCH3 is 2. The summed E-state index contributed by atoms with van der Waals surface area (Å²) in [5.41, 5.74) is 0.892. The number of hydrogen-bond acceptors (Lipinski definition) is 7. The molecule has 2 aromatic carbocycles. The predicted molar refractivity (Wildman–Crippen MR) is 133 cm³/mol. The average molecular weight is 521 g/mol. The summed E-state index contributed by atoms with van der Waals surface area (Å²) in [7, 11) is 2.93. The van der Waals surface area contributed by atoms with Gasteiger partial charge in [0.15, 0.2) is 0 Å². The van der Waals surface area contributed by atoms with Crippen LogP contribution in [0.1, 0.15) is 6.42 Å². The molecule has 2 atom stereocenters. The van der Waals surface area contributed by atoms with Crippen molar-refractivity contribution in [1.29, 1.82) is 0 Å². The lowest BCUT2D eigenvalue weighted by Gasteiger charge is -2.32. The number of benzene rings is 2. The van der Waals surface area contributed by atoms with Crippen LogP contribution in [0.25, 0.3) is 22.0 Å². The molecule has 0 saturated carbocycles. The van der Waals surface area contributed by atoms with Crippen LogP contribution in [0, 0.1) is 5.82 Å². The van der Waals surface area contributed by atoms with Crippen molar-refractivity contribution in [2.24, 2.45) is 0 Å². The fourth-order valence-corrected chi connectivity index (χ4v) is 4.63. The molecule has 1 aromatic heterocycles. The lowest BCUT2D eigenvalue weighted by molar-refractivity contribution is -0.117. The quantitative estimate of drug-likeness (QED) is 0.438. The highest BCUT2D eigenvalue weighted by Crippen LogP contribution is 2.46. The monoisotopic (exact) mass is 520 g/mol. The molecule has 184 valence electrons. The second-order valence-electron chi connectivity index (χ2n) is 7.81. The lowest BCUT2D eigenvalue weighted by atomic mass is 10.0. The van der Waals surface area contributed by atoms with Crippen molar-refractivity contribution in [3.8, 4) is 22.6 Å². The number of halogens is 3. The number of nitrogens with zero attached hydrogens (tertiary/aromatic N) is 2. The third kappa shape index (κ3) is 5.12. The van der Waals surface area contributed by atoms with Crippen molar-refractivity contribution in [3.63, 3.8) is 0 Å². The van der Waals surface area contributed by atoms with E-state index in [9.17, 15) is 4.79 Å². The first kappa shape index (κ1) is 25.0. The molecule has 1 fully saturated rings. The van der Waals surface area contributed by atoms with Crippen LogP contribution in [-0.4, -0.2) is 55.4 Å². The van der Waals surface area contributed by atoms with E-state index >= 15 is 4.39 Å². The molecule has 0 aliphatic carbocycles. The van der Waals surface area contributed by atoms with Gasteiger partial charge in [0, 0.05) is 29.8 Å². The Morgan fingerprint density at radius 2 is 1.91 bits per heavy atom. The Balaban J connectivity index is 1.69. The molecule has 0 unspecified atom stereocenters. The first-order chi connectivity index (χ1) is 16.9. The van der Waals surface area contributed by atoms with Crippen molar-refractivity contribution < 1.29 is 23.4 Å². The minimum Gasteiger partial charge on any atom is -0.495 e. The van der Waals surface area contributed by atoms with Crippen molar-refractivity contribution in [2.45, 2.75) is 18.5 Å². The minimum absolute atomic E-state index is 0.108. The molecule has 1 aliphatic rings. The normalized spacial score (nSPS) is 17.6. The first-order valence-electron chi connectivity index (χ1n) is 10.7. The Labute approximate surface area is 211 Å². The number of fused-ring (bicyclic) bond motifs is 1. The van der Waals surface area contributed by atoms with Gasteiger partial charge in [-0.05, 0) is 30.2 Å². The van der Waals surface area contributed by atoms with Gasteiger partial charge >= 0.3 is 0 Å². The van der Waals surface area contributed by atoms with Gasteiger partial charge in [0.2, 0.25) is 11.9 Å². The van der Waals surface area contributed by atoms with Crippen LogP contribution in [0.4, 0.5) is 10.3 Å². The zero-order valence-electron chi connectivity index (χ0n) is 19.0. The summed E-state index contributed by atoms with van der Waals surface area (Å²) in [6.07, 6.45) is 3.31. The summed E-state index contributed by atoms with van der Waals surface area (Å²) in [6.45, 7) is 4.32. The second-order valence-corrected chi connectivity index (χ2v) is 8.56. The van der Waals surface area contributed by atoms with Crippen molar-refractivity contribution in [2.75, 3.05) is 32.8 Å². The predicted octanol–water partition coefficient (Wildman–Crippen LogP) is 4.63. The summed E-state index contributed by atoms with van der Waals surface area (Å²) < 4.78 is 31.4. The van der Waals surface area contributed by atoms with E-state index in [0.717, 1.165) is 0 Å². The van der Waals surface area contributed by atoms with Gasteiger partial charge in [-0.25, -0.2) is 14.4 Å². The van der Waals surface area contributed by atoms with Gasteiger partial charge in [-0.1, -0.05) is 29.8 Å². The molecule has 35 heavy (non-hydrogen) atoms. The van der Waals surface area contributed by atoms with Crippen LogP contribution in [0.2, 0.25) is 10.0 Å². The van der Waals surface area contributed by atoms with E-state index in [4.69, 9.17) is 37.4 Å². The van der Waals surface area contributed by atoms with Crippen LogP contribution in [0.15, 0.2) is 37.1 Å². The average Bonchev–Trinajstić information content (AvgIpc) is 2.86. The van der Waals surface area contributed by atoms with Crippen LogP contribution >= 0.6 is 23.2 Å². The van der Waals surface area contributed by atoms with Gasteiger partial charge in [-0.2, -0.15) is 0 Å². The maximum atomic E-state index is 15.3. The number of anilines is 1. The number of amides is 1. The Hall–Kier alpha value is -3.14. The molecular formula is C24H23Cl2FN4O4. The van der Waals surface area contributed by atoms with E-state index in [2.05, 4.69) is 27.2 Å². The molecule has 1 aliphatic heterocycles. The second kappa shape index (κ2) is 10.6. The molecule has 2 N–H and O–H groups in total. The summed E-state index contributed by atoms with van der Waals surface area (Å²) >= 11 is 13.0. The van der Waals surface area contributed by atoms with Crippen LogP contribution in [0.3, 0.4) is 0 Å². The number of ether oxygens (including phenoxy) is 3. The number of nitrogens with one attached hydrogen (secondary N) is 2. The van der Waals surface area contributed by atoms with Crippen molar-refractivity contribution in [1.82, 2.24) is 15.3 Å². The van der Waals surface area contributed by atoms with E-state index in [0.29, 0.717) is 47.6 Å². The highest BCUT2D eigenvalue weighted by Gasteiger charge is 2.27. The fourth-order valence-electron chi connectivity index (χ4n) is 3.92. The maximum Gasteiger partial charge on any atom is 0.243 e.